The van der Waals surface area contributed by atoms with Crippen molar-refractivity contribution in [2.45, 2.75) is 25.4 Å². The van der Waals surface area contributed by atoms with Crippen molar-refractivity contribution in [1.29, 1.82) is 0 Å². The van der Waals surface area contributed by atoms with Crippen LogP contribution in [0.2, 0.25) is 0 Å². The fourth-order valence-corrected chi connectivity index (χ4v) is 2.48. The summed E-state index contributed by atoms with van der Waals surface area (Å²) >= 11 is 0. The second-order valence-corrected chi connectivity index (χ2v) is 4.98. The Kier molecular flexibility index (Phi) is 3.21. The van der Waals surface area contributed by atoms with Crippen LogP contribution in [0.15, 0.2) is 24.3 Å². The lowest BCUT2D eigenvalue weighted by Gasteiger charge is -2.14. The van der Waals surface area contributed by atoms with E-state index in [1.165, 1.54) is 0 Å². The molecule has 1 saturated heterocycles. The number of nitrogens with zero attached hydrogens (tertiary/aromatic N) is 2. The Morgan fingerprint density at radius 2 is 2.32 bits per heavy atom. The quantitative estimate of drug-likeness (QED) is 0.867. The van der Waals surface area contributed by atoms with E-state index >= 15 is 0 Å². The first kappa shape index (κ1) is 12.2. The molecular weight excluding hydrogens is 242 g/mol. The van der Waals surface area contributed by atoms with Crippen LogP contribution < -0.4 is 0 Å². The van der Waals surface area contributed by atoms with E-state index in [1.54, 1.807) is 4.90 Å². The molecule has 1 aromatic carbocycles. The number of aryl methyl sites for hydroxylation is 1. The van der Waals surface area contributed by atoms with Gasteiger partial charge in [-0.05, 0) is 18.6 Å². The van der Waals surface area contributed by atoms with Crippen LogP contribution in [0, 0.1) is 0 Å². The number of benzene rings is 1. The number of fused-ring (bicyclic) bond motifs is 1. The zero-order valence-electron chi connectivity index (χ0n) is 10.7. The Bertz CT molecular complexity index is 560. The van der Waals surface area contributed by atoms with E-state index in [1.807, 2.05) is 24.3 Å². The van der Waals surface area contributed by atoms with Crippen molar-refractivity contribution in [2.24, 2.45) is 0 Å². The van der Waals surface area contributed by atoms with Crippen molar-refractivity contribution in [2.75, 3.05) is 13.1 Å². The summed E-state index contributed by atoms with van der Waals surface area (Å²) in [5.74, 6) is 0.936. The molecular formula is C14H17N3O2. The van der Waals surface area contributed by atoms with Gasteiger partial charge in [0.25, 0.3) is 0 Å². The number of β-amino-alcohol motifs (C(OH)–C–C–N with tert-alkyl or cyclic N) is 1. The van der Waals surface area contributed by atoms with Crippen LogP contribution in [0.5, 0.6) is 0 Å². The third-order valence-corrected chi connectivity index (χ3v) is 3.53. The van der Waals surface area contributed by atoms with E-state index in [-0.39, 0.29) is 12.0 Å². The maximum atomic E-state index is 12.0. The Hall–Kier alpha value is -1.88. The minimum atomic E-state index is -0.352. The molecule has 0 unspecified atom stereocenters. The van der Waals surface area contributed by atoms with Gasteiger partial charge in [-0.25, -0.2) is 4.98 Å². The lowest BCUT2D eigenvalue weighted by Crippen LogP contribution is -2.29. The van der Waals surface area contributed by atoms with Crippen LogP contribution >= 0.6 is 0 Å². The zero-order valence-corrected chi connectivity index (χ0v) is 10.7. The zero-order chi connectivity index (χ0) is 13.2. The van der Waals surface area contributed by atoms with Crippen molar-refractivity contribution in [3.63, 3.8) is 0 Å². The van der Waals surface area contributed by atoms with E-state index < -0.39 is 0 Å². The van der Waals surface area contributed by atoms with Crippen LogP contribution in [-0.2, 0) is 11.2 Å². The monoisotopic (exact) mass is 259 g/mol. The number of nitrogens with one attached hydrogen (secondary N) is 1. The molecule has 1 aromatic heterocycles. The van der Waals surface area contributed by atoms with Gasteiger partial charge in [-0.1, -0.05) is 12.1 Å². The van der Waals surface area contributed by atoms with Gasteiger partial charge in [0.1, 0.15) is 5.82 Å². The largest absolute Gasteiger partial charge is 0.391 e. The average molecular weight is 259 g/mol. The molecule has 2 heterocycles. The smallest absolute Gasteiger partial charge is 0.223 e. The van der Waals surface area contributed by atoms with Crippen molar-refractivity contribution in [1.82, 2.24) is 14.9 Å². The molecule has 3 rings (SSSR count). The minimum Gasteiger partial charge on any atom is -0.391 e. The fraction of sp³-hybridized carbons (Fsp3) is 0.429. The Labute approximate surface area is 111 Å². The molecule has 5 heteroatoms. The van der Waals surface area contributed by atoms with E-state index in [0.717, 1.165) is 16.9 Å². The number of aliphatic hydroxyl groups excluding tert-OH is 1. The van der Waals surface area contributed by atoms with Crippen LogP contribution in [0.3, 0.4) is 0 Å². The summed E-state index contributed by atoms with van der Waals surface area (Å²) in [4.78, 5) is 21.4. The summed E-state index contributed by atoms with van der Waals surface area (Å²) in [5.41, 5.74) is 1.93. The summed E-state index contributed by atoms with van der Waals surface area (Å²) in [6.07, 6.45) is 1.39. The first-order chi connectivity index (χ1) is 9.22. The molecule has 1 atom stereocenters. The van der Waals surface area contributed by atoms with E-state index in [2.05, 4.69) is 9.97 Å². The Morgan fingerprint density at radius 3 is 3.05 bits per heavy atom. The third kappa shape index (κ3) is 2.61. The minimum absolute atomic E-state index is 0.0945. The van der Waals surface area contributed by atoms with E-state index in [0.29, 0.717) is 32.4 Å². The van der Waals surface area contributed by atoms with Gasteiger partial charge >= 0.3 is 0 Å². The molecule has 0 bridgehead atoms. The summed E-state index contributed by atoms with van der Waals surface area (Å²) in [6, 6.07) is 7.84. The molecule has 2 N–H and O–H groups in total. The number of aromatic amines is 1. The maximum absolute atomic E-state index is 12.0. The molecule has 19 heavy (non-hydrogen) atoms. The lowest BCUT2D eigenvalue weighted by molar-refractivity contribution is -0.130. The van der Waals surface area contributed by atoms with Crippen molar-refractivity contribution in [3.8, 4) is 0 Å². The topological polar surface area (TPSA) is 69.2 Å². The van der Waals surface area contributed by atoms with Gasteiger partial charge < -0.3 is 15.0 Å². The third-order valence-electron chi connectivity index (χ3n) is 3.53. The van der Waals surface area contributed by atoms with Crippen molar-refractivity contribution >= 4 is 16.9 Å². The molecule has 1 amide bonds. The predicted octanol–water partition coefficient (Wildman–Crippen LogP) is 1.09. The van der Waals surface area contributed by atoms with Gasteiger partial charge in [-0.2, -0.15) is 0 Å². The number of H-pyrrole nitrogens is 1. The standard InChI is InChI=1S/C14H17N3O2/c18-10-7-8-17(9-10)14(19)6-5-13-15-11-3-1-2-4-12(11)16-13/h1-4,10,18H,5-9H2,(H,15,16)/t10-/m0/s1. The number of para-hydroxylation sites is 2. The molecule has 0 aliphatic carbocycles. The second-order valence-electron chi connectivity index (χ2n) is 4.98. The number of hydrogen-bond acceptors (Lipinski definition) is 3. The van der Waals surface area contributed by atoms with Gasteiger partial charge in [-0.15, -0.1) is 0 Å². The van der Waals surface area contributed by atoms with Gasteiger partial charge in [-0.3, -0.25) is 4.79 Å². The number of rotatable bonds is 3. The number of carbonyl (C=O) groups is 1. The molecule has 2 aromatic rings. The van der Waals surface area contributed by atoms with E-state index in [9.17, 15) is 9.90 Å². The van der Waals surface area contributed by atoms with Gasteiger partial charge in [0.2, 0.25) is 5.91 Å². The first-order valence-electron chi connectivity index (χ1n) is 6.62. The molecule has 0 spiro atoms. The van der Waals surface area contributed by atoms with Gasteiger partial charge in [0, 0.05) is 25.9 Å². The Balaban J connectivity index is 1.61. The molecule has 5 nitrogen and oxygen atoms in total. The summed E-state index contributed by atoms with van der Waals surface area (Å²) in [5, 5.41) is 9.42. The number of imidazole rings is 1. The highest BCUT2D eigenvalue weighted by Gasteiger charge is 2.24. The van der Waals surface area contributed by atoms with Crippen LogP contribution in [0.25, 0.3) is 11.0 Å². The van der Waals surface area contributed by atoms with Gasteiger partial charge in [0.15, 0.2) is 0 Å². The summed E-state index contributed by atoms with van der Waals surface area (Å²) in [6.45, 7) is 1.14. The number of likely N-dealkylation sites (tertiary alicyclic amines) is 1. The highest BCUT2D eigenvalue weighted by Crippen LogP contribution is 2.14. The molecule has 1 aliphatic heterocycles. The van der Waals surface area contributed by atoms with Crippen molar-refractivity contribution < 1.29 is 9.90 Å². The highest BCUT2D eigenvalue weighted by atomic mass is 16.3. The fourth-order valence-electron chi connectivity index (χ4n) is 2.48. The normalized spacial score (nSPS) is 19.2. The predicted molar refractivity (Wildman–Crippen MR) is 71.6 cm³/mol. The van der Waals surface area contributed by atoms with Crippen molar-refractivity contribution in [3.05, 3.63) is 30.1 Å². The van der Waals surface area contributed by atoms with E-state index in [4.69, 9.17) is 0 Å². The number of aliphatic hydroxyl groups is 1. The lowest BCUT2D eigenvalue weighted by atomic mass is 10.2. The molecule has 0 radical (unpaired) electrons. The average Bonchev–Trinajstić information content (AvgIpc) is 3.01. The van der Waals surface area contributed by atoms with Crippen LogP contribution in [-0.4, -0.2) is 45.1 Å². The second kappa shape index (κ2) is 5.01. The number of hydrogen-bond donors (Lipinski definition) is 2. The first-order valence-corrected chi connectivity index (χ1v) is 6.62. The summed E-state index contributed by atoms with van der Waals surface area (Å²) in [7, 11) is 0. The maximum Gasteiger partial charge on any atom is 0.223 e. The molecule has 1 aliphatic rings. The molecule has 1 fully saturated rings. The van der Waals surface area contributed by atoms with Crippen LogP contribution in [0.4, 0.5) is 0 Å². The Morgan fingerprint density at radius 1 is 1.47 bits per heavy atom. The molecule has 100 valence electrons. The van der Waals surface area contributed by atoms with Crippen LogP contribution in [0.1, 0.15) is 18.7 Å². The van der Waals surface area contributed by atoms with Gasteiger partial charge in [0.05, 0.1) is 17.1 Å². The highest BCUT2D eigenvalue weighted by molar-refractivity contribution is 5.77. The summed E-state index contributed by atoms with van der Waals surface area (Å²) < 4.78 is 0. The molecule has 0 saturated carbocycles. The number of aromatic nitrogens is 2. The number of carbonyl (C=O) groups excluding carboxylic acids is 1. The number of amides is 1. The SMILES string of the molecule is O=C(CCc1nc2ccccc2[nH]1)N1CC[C@H](O)C1.